The Labute approximate surface area is 119 Å². The molecule has 1 aliphatic heterocycles. The summed E-state index contributed by atoms with van der Waals surface area (Å²) in [6, 6.07) is 1.79. The molecular weight excluding hydrogens is 254 g/mol. The zero-order chi connectivity index (χ0) is 14.4. The number of aromatic nitrogens is 2. The zero-order valence-corrected chi connectivity index (χ0v) is 11.9. The highest BCUT2D eigenvalue weighted by Crippen LogP contribution is 2.19. The molecule has 0 spiro atoms. The van der Waals surface area contributed by atoms with Crippen molar-refractivity contribution in [2.75, 3.05) is 26.3 Å². The van der Waals surface area contributed by atoms with Gasteiger partial charge in [0, 0.05) is 25.8 Å². The van der Waals surface area contributed by atoms with Crippen LogP contribution in [0.5, 0.6) is 0 Å². The second kappa shape index (κ2) is 7.11. The van der Waals surface area contributed by atoms with E-state index in [0.717, 1.165) is 32.5 Å². The second-order valence-electron chi connectivity index (χ2n) is 5.01. The van der Waals surface area contributed by atoms with Crippen molar-refractivity contribution < 1.29 is 9.53 Å². The highest BCUT2D eigenvalue weighted by atomic mass is 16.5. The zero-order valence-electron chi connectivity index (χ0n) is 11.9. The molecule has 5 heteroatoms. The van der Waals surface area contributed by atoms with Crippen molar-refractivity contribution in [1.82, 2.24) is 14.7 Å². The number of hydrogen-bond donors (Lipinski definition) is 0. The highest BCUT2D eigenvalue weighted by molar-refractivity contribution is 5.92. The van der Waals surface area contributed by atoms with Gasteiger partial charge in [0.2, 0.25) is 0 Å². The van der Waals surface area contributed by atoms with Gasteiger partial charge in [0.25, 0.3) is 5.91 Å². The summed E-state index contributed by atoms with van der Waals surface area (Å²) in [6.07, 6.45) is 8.91. The molecule has 1 fully saturated rings. The number of likely N-dealkylation sites (tertiary alicyclic amines) is 1. The average Bonchev–Trinajstić information content (AvgIpc) is 2.96. The predicted molar refractivity (Wildman–Crippen MR) is 76.2 cm³/mol. The van der Waals surface area contributed by atoms with Crippen molar-refractivity contribution >= 4 is 5.91 Å². The molecule has 1 aliphatic rings. The SMILES string of the molecule is C#CCOCC1CCN(C(=O)c2ccn(CC)n2)CC1. The van der Waals surface area contributed by atoms with Gasteiger partial charge in [-0.3, -0.25) is 9.48 Å². The largest absolute Gasteiger partial charge is 0.369 e. The van der Waals surface area contributed by atoms with Crippen molar-refractivity contribution in [1.29, 1.82) is 0 Å². The van der Waals surface area contributed by atoms with Crippen LogP contribution in [0, 0.1) is 18.3 Å². The Bertz CT molecular complexity index is 482. The molecule has 1 amide bonds. The van der Waals surface area contributed by atoms with E-state index in [2.05, 4.69) is 11.0 Å². The minimum Gasteiger partial charge on any atom is -0.369 e. The first kappa shape index (κ1) is 14.6. The smallest absolute Gasteiger partial charge is 0.274 e. The Morgan fingerprint density at radius 3 is 2.90 bits per heavy atom. The molecule has 5 nitrogen and oxygen atoms in total. The molecule has 0 unspecified atom stereocenters. The Morgan fingerprint density at radius 2 is 2.30 bits per heavy atom. The van der Waals surface area contributed by atoms with Crippen molar-refractivity contribution in [2.45, 2.75) is 26.3 Å². The third kappa shape index (κ3) is 3.61. The molecule has 0 atom stereocenters. The minimum atomic E-state index is 0.0280. The monoisotopic (exact) mass is 275 g/mol. The first-order chi connectivity index (χ1) is 9.74. The van der Waals surface area contributed by atoms with Gasteiger partial charge < -0.3 is 9.64 Å². The molecule has 2 heterocycles. The van der Waals surface area contributed by atoms with Crippen molar-refractivity contribution in [3.8, 4) is 12.3 Å². The van der Waals surface area contributed by atoms with Gasteiger partial charge in [0.1, 0.15) is 12.3 Å². The van der Waals surface area contributed by atoms with E-state index in [1.165, 1.54) is 0 Å². The van der Waals surface area contributed by atoms with Crippen LogP contribution in [-0.4, -0.2) is 46.9 Å². The molecule has 20 heavy (non-hydrogen) atoms. The van der Waals surface area contributed by atoms with Gasteiger partial charge in [-0.15, -0.1) is 6.42 Å². The normalized spacial score (nSPS) is 16.1. The van der Waals surface area contributed by atoms with Gasteiger partial charge >= 0.3 is 0 Å². The number of terminal acetylenes is 1. The van der Waals surface area contributed by atoms with E-state index in [1.807, 2.05) is 18.0 Å². The standard InChI is InChI=1S/C15H21N3O2/c1-3-11-20-12-13-5-8-17(9-6-13)15(19)14-7-10-18(4-2)16-14/h1,7,10,13H,4-6,8-9,11-12H2,2H3. The summed E-state index contributed by atoms with van der Waals surface area (Å²) in [6.45, 7) is 5.37. The molecule has 1 aromatic rings. The number of hydrogen-bond acceptors (Lipinski definition) is 3. The topological polar surface area (TPSA) is 47.4 Å². The number of piperidine rings is 1. The average molecular weight is 275 g/mol. The van der Waals surface area contributed by atoms with Crippen LogP contribution in [0.2, 0.25) is 0 Å². The lowest BCUT2D eigenvalue weighted by atomic mass is 9.97. The van der Waals surface area contributed by atoms with E-state index in [0.29, 0.717) is 24.8 Å². The molecular formula is C15H21N3O2. The molecule has 1 aromatic heterocycles. The summed E-state index contributed by atoms with van der Waals surface area (Å²) in [5.41, 5.74) is 0.536. The number of carbonyl (C=O) groups excluding carboxylic acids is 1. The number of aryl methyl sites for hydroxylation is 1. The molecule has 0 radical (unpaired) electrons. The summed E-state index contributed by atoms with van der Waals surface area (Å²) in [5.74, 6) is 2.99. The first-order valence-corrected chi connectivity index (χ1v) is 7.08. The van der Waals surface area contributed by atoms with Crippen molar-refractivity contribution in [3.63, 3.8) is 0 Å². The lowest BCUT2D eigenvalue weighted by Gasteiger charge is -2.31. The fourth-order valence-electron chi connectivity index (χ4n) is 2.40. The fraction of sp³-hybridized carbons (Fsp3) is 0.600. The summed E-state index contributed by atoms with van der Waals surface area (Å²) in [5, 5.41) is 4.26. The Hall–Kier alpha value is -1.80. The lowest BCUT2D eigenvalue weighted by molar-refractivity contribution is 0.0576. The van der Waals surface area contributed by atoms with E-state index in [4.69, 9.17) is 11.2 Å². The Balaban J connectivity index is 1.81. The number of ether oxygens (including phenoxy) is 1. The maximum atomic E-state index is 12.3. The van der Waals surface area contributed by atoms with Gasteiger partial charge in [-0.1, -0.05) is 5.92 Å². The van der Waals surface area contributed by atoms with Crippen LogP contribution in [-0.2, 0) is 11.3 Å². The third-order valence-corrected chi connectivity index (χ3v) is 3.62. The van der Waals surface area contributed by atoms with E-state index in [1.54, 1.807) is 10.7 Å². The van der Waals surface area contributed by atoms with Crippen LogP contribution in [0.4, 0.5) is 0 Å². The number of rotatable bonds is 5. The lowest BCUT2D eigenvalue weighted by Crippen LogP contribution is -2.39. The molecule has 2 rings (SSSR count). The van der Waals surface area contributed by atoms with Gasteiger partial charge in [-0.2, -0.15) is 5.10 Å². The van der Waals surface area contributed by atoms with Gasteiger partial charge in [-0.05, 0) is 31.7 Å². The first-order valence-electron chi connectivity index (χ1n) is 7.08. The number of amides is 1. The van der Waals surface area contributed by atoms with Crippen LogP contribution >= 0.6 is 0 Å². The Kier molecular flexibility index (Phi) is 5.19. The summed E-state index contributed by atoms with van der Waals surface area (Å²) < 4.78 is 7.14. The van der Waals surface area contributed by atoms with Crippen LogP contribution in [0.25, 0.3) is 0 Å². The third-order valence-electron chi connectivity index (χ3n) is 3.62. The van der Waals surface area contributed by atoms with E-state index < -0.39 is 0 Å². The molecule has 0 aliphatic carbocycles. The van der Waals surface area contributed by atoms with Crippen LogP contribution < -0.4 is 0 Å². The van der Waals surface area contributed by atoms with Gasteiger partial charge in [0.15, 0.2) is 0 Å². The summed E-state index contributed by atoms with van der Waals surface area (Å²) in [7, 11) is 0. The van der Waals surface area contributed by atoms with E-state index in [9.17, 15) is 4.79 Å². The quantitative estimate of drug-likeness (QED) is 0.603. The highest BCUT2D eigenvalue weighted by Gasteiger charge is 2.24. The molecule has 0 N–H and O–H groups in total. The second-order valence-corrected chi connectivity index (χ2v) is 5.01. The predicted octanol–water partition coefficient (Wildman–Crippen LogP) is 1.41. The molecule has 1 saturated heterocycles. The van der Waals surface area contributed by atoms with E-state index >= 15 is 0 Å². The van der Waals surface area contributed by atoms with Crippen LogP contribution in [0.3, 0.4) is 0 Å². The van der Waals surface area contributed by atoms with Gasteiger partial charge in [-0.25, -0.2) is 0 Å². The maximum absolute atomic E-state index is 12.3. The van der Waals surface area contributed by atoms with Crippen molar-refractivity contribution in [3.05, 3.63) is 18.0 Å². The van der Waals surface area contributed by atoms with E-state index in [-0.39, 0.29) is 5.91 Å². The summed E-state index contributed by atoms with van der Waals surface area (Å²) >= 11 is 0. The van der Waals surface area contributed by atoms with Crippen LogP contribution in [0.1, 0.15) is 30.3 Å². The van der Waals surface area contributed by atoms with Crippen molar-refractivity contribution in [2.24, 2.45) is 5.92 Å². The van der Waals surface area contributed by atoms with Gasteiger partial charge in [0.05, 0.1) is 6.61 Å². The molecule has 0 aromatic carbocycles. The molecule has 0 saturated carbocycles. The fourth-order valence-corrected chi connectivity index (χ4v) is 2.40. The Morgan fingerprint density at radius 1 is 1.55 bits per heavy atom. The van der Waals surface area contributed by atoms with Crippen LogP contribution in [0.15, 0.2) is 12.3 Å². The molecule has 0 bridgehead atoms. The summed E-state index contributed by atoms with van der Waals surface area (Å²) in [4.78, 5) is 14.2. The number of nitrogens with zero attached hydrogens (tertiary/aromatic N) is 3. The maximum Gasteiger partial charge on any atom is 0.274 e. The molecule has 108 valence electrons. The minimum absolute atomic E-state index is 0.0280. The number of carbonyl (C=O) groups is 1.